The minimum absolute atomic E-state index is 0.176. The first kappa shape index (κ1) is 11.1. The normalized spacial score (nSPS) is 24.9. The molecule has 1 aromatic carbocycles. The summed E-state index contributed by atoms with van der Waals surface area (Å²) in [4.78, 5) is 0. The largest absolute Gasteiger partial charge is 0.493 e. The number of aliphatic hydroxyl groups excluding tert-OH is 1. The van der Waals surface area contributed by atoms with Crippen molar-refractivity contribution >= 4 is 0 Å². The predicted molar refractivity (Wildman–Crippen MR) is 66.0 cm³/mol. The molecule has 0 radical (unpaired) electrons. The highest BCUT2D eigenvalue weighted by molar-refractivity contribution is 5.37. The average Bonchev–Trinajstić information content (AvgIpc) is 3.20. The van der Waals surface area contributed by atoms with Gasteiger partial charge in [0.15, 0.2) is 0 Å². The van der Waals surface area contributed by atoms with Gasteiger partial charge in [-0.1, -0.05) is 18.2 Å². The van der Waals surface area contributed by atoms with Gasteiger partial charge in [0.2, 0.25) is 0 Å². The molecule has 1 heterocycles. The van der Waals surface area contributed by atoms with Crippen molar-refractivity contribution in [3.05, 3.63) is 29.8 Å². The Hall–Kier alpha value is -1.06. The van der Waals surface area contributed by atoms with Crippen LogP contribution >= 0.6 is 0 Å². The summed E-state index contributed by atoms with van der Waals surface area (Å²) in [5.41, 5.74) is 1.22. The summed E-state index contributed by atoms with van der Waals surface area (Å²) in [6.07, 6.45) is 3.18. The Balaban J connectivity index is 1.63. The van der Waals surface area contributed by atoms with Crippen molar-refractivity contribution in [2.24, 2.45) is 5.92 Å². The van der Waals surface area contributed by atoms with E-state index in [1.807, 2.05) is 18.2 Å². The van der Waals surface area contributed by atoms with Crippen LogP contribution in [0.4, 0.5) is 0 Å². The molecule has 0 spiro atoms. The van der Waals surface area contributed by atoms with Gasteiger partial charge in [0.25, 0.3) is 0 Å². The molecule has 1 aliphatic carbocycles. The number of aliphatic hydroxyl groups is 1. The Labute approximate surface area is 102 Å². The van der Waals surface area contributed by atoms with E-state index >= 15 is 0 Å². The lowest BCUT2D eigenvalue weighted by Crippen LogP contribution is -2.34. The third kappa shape index (κ3) is 2.45. The summed E-state index contributed by atoms with van der Waals surface area (Å²) in [7, 11) is 0. The van der Waals surface area contributed by atoms with Gasteiger partial charge in [-0.25, -0.2) is 0 Å². The first-order valence-electron chi connectivity index (χ1n) is 6.48. The lowest BCUT2D eigenvalue weighted by Gasteiger charge is -2.27. The van der Waals surface area contributed by atoms with Gasteiger partial charge in [-0.15, -0.1) is 0 Å². The molecule has 92 valence electrons. The zero-order valence-electron chi connectivity index (χ0n) is 9.93. The summed E-state index contributed by atoms with van der Waals surface area (Å²) in [5, 5.41) is 13.3. The fourth-order valence-corrected chi connectivity index (χ4v) is 2.46. The van der Waals surface area contributed by atoms with Crippen LogP contribution in [-0.2, 0) is 0 Å². The number of fused-ring (bicyclic) bond motifs is 1. The molecule has 17 heavy (non-hydrogen) atoms. The van der Waals surface area contributed by atoms with Gasteiger partial charge in [0.05, 0.1) is 12.7 Å². The number of rotatable bonds is 4. The molecule has 0 saturated heterocycles. The summed E-state index contributed by atoms with van der Waals surface area (Å²) < 4.78 is 5.62. The summed E-state index contributed by atoms with van der Waals surface area (Å²) >= 11 is 0. The van der Waals surface area contributed by atoms with Crippen LogP contribution < -0.4 is 10.1 Å². The van der Waals surface area contributed by atoms with Gasteiger partial charge in [-0.2, -0.15) is 0 Å². The van der Waals surface area contributed by atoms with Gasteiger partial charge >= 0.3 is 0 Å². The first-order valence-corrected chi connectivity index (χ1v) is 6.48. The van der Waals surface area contributed by atoms with Crippen molar-refractivity contribution in [3.8, 4) is 5.75 Å². The Kier molecular flexibility index (Phi) is 3.04. The monoisotopic (exact) mass is 233 g/mol. The Bertz CT molecular complexity index is 390. The molecule has 2 aliphatic rings. The number of hydrogen-bond donors (Lipinski definition) is 2. The standard InChI is InChI=1S/C14H19NO2/c16-13(10-5-6-10)9-15-12-7-8-17-14-4-2-1-3-11(12)14/h1-4,10,12-13,15-16H,5-9H2. The van der Waals surface area contributed by atoms with Crippen LogP contribution in [0, 0.1) is 5.92 Å². The van der Waals surface area contributed by atoms with E-state index in [-0.39, 0.29) is 6.10 Å². The third-order valence-electron chi connectivity index (χ3n) is 3.70. The summed E-state index contributed by atoms with van der Waals surface area (Å²) in [5.74, 6) is 1.52. The molecular formula is C14H19NO2. The van der Waals surface area contributed by atoms with E-state index in [9.17, 15) is 5.11 Å². The summed E-state index contributed by atoms with van der Waals surface area (Å²) in [6.45, 7) is 1.46. The number of benzene rings is 1. The molecule has 1 aromatic rings. The maximum atomic E-state index is 9.87. The second kappa shape index (κ2) is 4.67. The van der Waals surface area contributed by atoms with Crippen molar-refractivity contribution in [1.82, 2.24) is 5.32 Å². The molecule has 1 fully saturated rings. The second-order valence-electron chi connectivity index (χ2n) is 5.04. The number of para-hydroxylation sites is 1. The van der Waals surface area contributed by atoms with Crippen molar-refractivity contribution < 1.29 is 9.84 Å². The Morgan fingerprint density at radius 3 is 2.94 bits per heavy atom. The highest BCUT2D eigenvalue weighted by atomic mass is 16.5. The molecule has 0 bridgehead atoms. The van der Waals surface area contributed by atoms with Gasteiger partial charge in [-0.05, 0) is 24.8 Å². The number of hydrogen-bond acceptors (Lipinski definition) is 3. The zero-order valence-corrected chi connectivity index (χ0v) is 9.93. The average molecular weight is 233 g/mol. The van der Waals surface area contributed by atoms with Crippen LogP contribution in [-0.4, -0.2) is 24.4 Å². The third-order valence-corrected chi connectivity index (χ3v) is 3.70. The topological polar surface area (TPSA) is 41.5 Å². The lowest BCUT2D eigenvalue weighted by molar-refractivity contribution is 0.139. The molecule has 1 saturated carbocycles. The molecule has 2 atom stereocenters. The van der Waals surface area contributed by atoms with E-state index in [0.717, 1.165) is 18.8 Å². The van der Waals surface area contributed by atoms with Crippen molar-refractivity contribution in [1.29, 1.82) is 0 Å². The zero-order chi connectivity index (χ0) is 11.7. The van der Waals surface area contributed by atoms with E-state index < -0.39 is 0 Å². The molecule has 3 heteroatoms. The van der Waals surface area contributed by atoms with Gasteiger partial charge < -0.3 is 15.2 Å². The quantitative estimate of drug-likeness (QED) is 0.834. The van der Waals surface area contributed by atoms with E-state index in [4.69, 9.17) is 4.74 Å². The van der Waals surface area contributed by atoms with Crippen LogP contribution in [0.3, 0.4) is 0 Å². The number of ether oxygens (including phenoxy) is 1. The maximum Gasteiger partial charge on any atom is 0.124 e. The second-order valence-corrected chi connectivity index (χ2v) is 5.04. The van der Waals surface area contributed by atoms with Gasteiger partial charge in [0, 0.05) is 24.6 Å². The van der Waals surface area contributed by atoms with Crippen LogP contribution in [0.5, 0.6) is 5.75 Å². The molecule has 3 rings (SSSR count). The fraction of sp³-hybridized carbons (Fsp3) is 0.571. The molecular weight excluding hydrogens is 214 g/mol. The van der Waals surface area contributed by atoms with Gasteiger partial charge in [0.1, 0.15) is 5.75 Å². The van der Waals surface area contributed by atoms with Crippen LogP contribution in [0.1, 0.15) is 30.9 Å². The smallest absolute Gasteiger partial charge is 0.124 e. The van der Waals surface area contributed by atoms with E-state index in [0.29, 0.717) is 18.5 Å². The van der Waals surface area contributed by atoms with E-state index in [1.54, 1.807) is 0 Å². The van der Waals surface area contributed by atoms with Crippen LogP contribution in [0.2, 0.25) is 0 Å². The first-order chi connectivity index (χ1) is 8.34. The van der Waals surface area contributed by atoms with Crippen LogP contribution in [0.15, 0.2) is 24.3 Å². The molecule has 3 nitrogen and oxygen atoms in total. The van der Waals surface area contributed by atoms with E-state index in [2.05, 4.69) is 11.4 Å². The molecule has 0 aromatic heterocycles. The van der Waals surface area contributed by atoms with E-state index in [1.165, 1.54) is 18.4 Å². The van der Waals surface area contributed by atoms with Crippen molar-refractivity contribution in [2.75, 3.05) is 13.2 Å². The lowest BCUT2D eigenvalue weighted by atomic mass is 10.0. The number of nitrogens with one attached hydrogen (secondary N) is 1. The molecule has 0 amide bonds. The van der Waals surface area contributed by atoms with Crippen LogP contribution in [0.25, 0.3) is 0 Å². The SMILES string of the molecule is OC(CNC1CCOc2ccccc21)C1CC1. The predicted octanol–water partition coefficient (Wildman–Crippen LogP) is 1.87. The minimum Gasteiger partial charge on any atom is -0.493 e. The minimum atomic E-state index is -0.176. The summed E-state index contributed by atoms with van der Waals surface area (Å²) in [6, 6.07) is 8.49. The highest BCUT2D eigenvalue weighted by Crippen LogP contribution is 2.34. The highest BCUT2D eigenvalue weighted by Gasteiger charge is 2.30. The molecule has 1 aliphatic heterocycles. The van der Waals surface area contributed by atoms with Gasteiger partial charge in [-0.3, -0.25) is 0 Å². The maximum absolute atomic E-state index is 9.87. The van der Waals surface area contributed by atoms with Crippen molar-refractivity contribution in [2.45, 2.75) is 31.4 Å². The Morgan fingerprint density at radius 2 is 2.12 bits per heavy atom. The Morgan fingerprint density at radius 1 is 1.29 bits per heavy atom. The molecule has 2 unspecified atom stereocenters. The molecule has 2 N–H and O–H groups in total. The fourth-order valence-electron chi connectivity index (χ4n) is 2.46. The van der Waals surface area contributed by atoms with Crippen molar-refractivity contribution in [3.63, 3.8) is 0 Å².